The summed E-state index contributed by atoms with van der Waals surface area (Å²) in [7, 11) is 0. The molecule has 0 saturated heterocycles. The number of amides is 1. The number of para-hydroxylation sites is 1. The van der Waals surface area contributed by atoms with Crippen molar-refractivity contribution in [1.29, 1.82) is 0 Å². The number of carbonyl (C=O) groups is 1. The Labute approximate surface area is 136 Å². The number of nitrogens with one attached hydrogen (secondary N) is 4. The van der Waals surface area contributed by atoms with Gasteiger partial charge >= 0.3 is 5.69 Å². The fourth-order valence-corrected chi connectivity index (χ4v) is 2.92. The lowest BCUT2D eigenvalue weighted by Gasteiger charge is -2.05. The van der Waals surface area contributed by atoms with Gasteiger partial charge in [0.1, 0.15) is 0 Å². The number of H-pyrrole nitrogens is 3. The predicted octanol–water partition coefficient (Wildman–Crippen LogP) is 2.91. The molecular formula is C18H16N4O2. The molecule has 0 aliphatic carbocycles. The van der Waals surface area contributed by atoms with Crippen molar-refractivity contribution in [3.63, 3.8) is 0 Å². The number of fused-ring (bicyclic) bond motifs is 2. The molecular weight excluding hydrogens is 304 g/mol. The number of carbonyl (C=O) groups excluding carboxylic acids is 1. The van der Waals surface area contributed by atoms with Crippen molar-refractivity contribution in [2.45, 2.75) is 12.8 Å². The molecule has 0 bridgehead atoms. The molecule has 2 heterocycles. The van der Waals surface area contributed by atoms with Gasteiger partial charge in [0.25, 0.3) is 0 Å². The highest BCUT2D eigenvalue weighted by molar-refractivity contribution is 5.93. The van der Waals surface area contributed by atoms with Gasteiger partial charge in [0.2, 0.25) is 5.91 Å². The summed E-state index contributed by atoms with van der Waals surface area (Å²) < 4.78 is 0. The number of aromatic nitrogens is 3. The van der Waals surface area contributed by atoms with Crippen LogP contribution < -0.4 is 11.0 Å². The van der Waals surface area contributed by atoms with Gasteiger partial charge in [-0.1, -0.05) is 18.2 Å². The number of aryl methyl sites for hydroxylation is 1. The predicted molar refractivity (Wildman–Crippen MR) is 94.2 cm³/mol. The molecule has 4 N–H and O–H groups in total. The number of imidazole rings is 1. The molecule has 4 rings (SSSR count). The first kappa shape index (κ1) is 14.3. The van der Waals surface area contributed by atoms with Crippen LogP contribution in [0.1, 0.15) is 12.0 Å². The molecule has 0 aliphatic heterocycles. The lowest BCUT2D eigenvalue weighted by Crippen LogP contribution is -2.12. The lowest BCUT2D eigenvalue weighted by atomic mass is 10.1. The summed E-state index contributed by atoms with van der Waals surface area (Å²) in [4.78, 5) is 32.0. The summed E-state index contributed by atoms with van der Waals surface area (Å²) in [5, 5.41) is 4.02. The van der Waals surface area contributed by atoms with Crippen LogP contribution in [0.5, 0.6) is 0 Å². The summed E-state index contributed by atoms with van der Waals surface area (Å²) >= 11 is 0. The Hall–Kier alpha value is -3.28. The van der Waals surface area contributed by atoms with Crippen LogP contribution in [0.3, 0.4) is 0 Å². The molecule has 1 amide bonds. The molecule has 0 unspecified atom stereocenters. The average Bonchev–Trinajstić information content (AvgIpc) is 3.15. The number of hydrogen-bond donors (Lipinski definition) is 4. The largest absolute Gasteiger partial charge is 0.361 e. The van der Waals surface area contributed by atoms with Gasteiger partial charge in [-0.2, -0.15) is 0 Å². The Balaban J connectivity index is 1.45. The number of hydrogen-bond acceptors (Lipinski definition) is 2. The second-order valence-electron chi connectivity index (χ2n) is 5.75. The molecule has 24 heavy (non-hydrogen) atoms. The smallest absolute Gasteiger partial charge is 0.323 e. The van der Waals surface area contributed by atoms with Gasteiger partial charge in [-0.05, 0) is 36.2 Å². The van der Waals surface area contributed by atoms with Crippen LogP contribution in [-0.4, -0.2) is 20.9 Å². The monoisotopic (exact) mass is 320 g/mol. The molecule has 0 saturated carbocycles. The van der Waals surface area contributed by atoms with E-state index in [2.05, 4.69) is 26.3 Å². The lowest BCUT2D eigenvalue weighted by molar-refractivity contribution is -0.116. The number of anilines is 1. The maximum absolute atomic E-state index is 12.2. The fraction of sp³-hybridized carbons (Fsp3) is 0.111. The molecule has 6 nitrogen and oxygen atoms in total. The quantitative estimate of drug-likeness (QED) is 0.465. The average molecular weight is 320 g/mol. The van der Waals surface area contributed by atoms with E-state index in [1.807, 2.05) is 24.4 Å². The van der Waals surface area contributed by atoms with E-state index in [-0.39, 0.29) is 11.6 Å². The summed E-state index contributed by atoms with van der Waals surface area (Å²) in [6.07, 6.45) is 3.01. The van der Waals surface area contributed by atoms with E-state index in [9.17, 15) is 9.59 Å². The Morgan fingerprint density at radius 3 is 2.75 bits per heavy atom. The molecule has 0 aliphatic rings. The van der Waals surface area contributed by atoms with Crippen LogP contribution >= 0.6 is 0 Å². The van der Waals surface area contributed by atoms with Crippen molar-refractivity contribution in [2.75, 3.05) is 5.32 Å². The van der Waals surface area contributed by atoms with Gasteiger partial charge < -0.3 is 20.3 Å². The van der Waals surface area contributed by atoms with Crippen molar-refractivity contribution in [3.05, 3.63) is 64.7 Å². The van der Waals surface area contributed by atoms with Crippen LogP contribution in [-0.2, 0) is 11.2 Å². The normalized spacial score (nSPS) is 11.2. The van der Waals surface area contributed by atoms with Crippen molar-refractivity contribution >= 4 is 33.5 Å². The van der Waals surface area contributed by atoms with E-state index < -0.39 is 0 Å². The summed E-state index contributed by atoms with van der Waals surface area (Å²) in [6.45, 7) is 0. The van der Waals surface area contributed by atoms with Gasteiger partial charge in [-0.15, -0.1) is 0 Å². The zero-order chi connectivity index (χ0) is 16.5. The fourth-order valence-electron chi connectivity index (χ4n) is 2.92. The SMILES string of the molecule is O=C(CCc1c[nH]c2ccccc12)Nc1ccc2[nH]c(=O)[nH]c2c1. The number of rotatable bonds is 4. The first-order chi connectivity index (χ1) is 11.7. The third-order valence-corrected chi connectivity index (χ3v) is 4.10. The number of benzene rings is 2. The van der Waals surface area contributed by atoms with Crippen molar-refractivity contribution in [3.8, 4) is 0 Å². The Bertz CT molecular complexity index is 1090. The topological polar surface area (TPSA) is 93.5 Å². The van der Waals surface area contributed by atoms with E-state index >= 15 is 0 Å². The molecule has 0 fully saturated rings. The molecule has 6 heteroatoms. The van der Waals surface area contributed by atoms with Crippen molar-refractivity contribution < 1.29 is 4.79 Å². The Morgan fingerprint density at radius 2 is 1.83 bits per heavy atom. The molecule has 2 aromatic carbocycles. The summed E-state index contributed by atoms with van der Waals surface area (Å²) in [5.41, 5.74) is 4.02. The number of aromatic amines is 3. The second kappa shape index (κ2) is 5.73. The van der Waals surface area contributed by atoms with Crippen LogP contribution in [0.15, 0.2) is 53.5 Å². The molecule has 0 spiro atoms. The zero-order valence-electron chi connectivity index (χ0n) is 12.8. The molecule has 120 valence electrons. The third-order valence-electron chi connectivity index (χ3n) is 4.10. The third kappa shape index (κ3) is 2.69. The minimum Gasteiger partial charge on any atom is -0.361 e. The minimum absolute atomic E-state index is 0.0579. The van der Waals surface area contributed by atoms with Gasteiger partial charge in [-0.3, -0.25) is 4.79 Å². The second-order valence-corrected chi connectivity index (χ2v) is 5.75. The van der Waals surface area contributed by atoms with Gasteiger partial charge in [0.15, 0.2) is 0 Å². The highest BCUT2D eigenvalue weighted by Crippen LogP contribution is 2.19. The van der Waals surface area contributed by atoms with Crippen molar-refractivity contribution in [1.82, 2.24) is 15.0 Å². The minimum atomic E-state index is -0.257. The van der Waals surface area contributed by atoms with Gasteiger partial charge in [0, 0.05) is 29.2 Å². The van der Waals surface area contributed by atoms with Gasteiger partial charge in [-0.25, -0.2) is 4.79 Å². The molecule has 0 radical (unpaired) electrons. The van der Waals surface area contributed by atoms with E-state index in [4.69, 9.17) is 0 Å². The summed E-state index contributed by atoms with van der Waals surface area (Å²) in [5.74, 6) is -0.0579. The van der Waals surface area contributed by atoms with Crippen LogP contribution in [0, 0.1) is 0 Å². The molecule has 4 aromatic rings. The Kier molecular flexibility index (Phi) is 3.42. The van der Waals surface area contributed by atoms with E-state index in [1.54, 1.807) is 18.2 Å². The van der Waals surface area contributed by atoms with Crippen molar-refractivity contribution in [2.24, 2.45) is 0 Å². The highest BCUT2D eigenvalue weighted by Gasteiger charge is 2.08. The summed E-state index contributed by atoms with van der Waals surface area (Å²) in [6, 6.07) is 13.3. The van der Waals surface area contributed by atoms with E-state index in [1.165, 1.54) is 0 Å². The highest BCUT2D eigenvalue weighted by atomic mass is 16.1. The first-order valence-corrected chi connectivity index (χ1v) is 7.76. The van der Waals surface area contributed by atoms with Crippen LogP contribution in [0.2, 0.25) is 0 Å². The maximum atomic E-state index is 12.2. The molecule has 2 aromatic heterocycles. The maximum Gasteiger partial charge on any atom is 0.323 e. The van der Waals surface area contributed by atoms with Crippen LogP contribution in [0.25, 0.3) is 21.9 Å². The van der Waals surface area contributed by atoms with E-state index in [0.29, 0.717) is 24.0 Å². The molecule has 0 atom stereocenters. The van der Waals surface area contributed by atoms with Crippen LogP contribution in [0.4, 0.5) is 5.69 Å². The standard InChI is InChI=1S/C18H16N4O2/c23-17(8-5-11-10-19-14-4-2-1-3-13(11)14)20-12-6-7-15-16(9-12)22-18(24)21-15/h1-4,6-7,9-10,19H,5,8H2,(H,20,23)(H2,21,22,24). The van der Waals surface area contributed by atoms with Gasteiger partial charge in [0.05, 0.1) is 11.0 Å². The van der Waals surface area contributed by atoms with E-state index in [0.717, 1.165) is 22.0 Å². The zero-order valence-corrected chi connectivity index (χ0v) is 12.8. The first-order valence-electron chi connectivity index (χ1n) is 7.76. The Morgan fingerprint density at radius 1 is 1.00 bits per heavy atom.